The van der Waals surface area contributed by atoms with E-state index in [0.29, 0.717) is 6.54 Å². The van der Waals surface area contributed by atoms with Crippen LogP contribution >= 0.6 is 15.9 Å². The van der Waals surface area contributed by atoms with Crippen LogP contribution in [-0.2, 0) is 11.3 Å². The molecular formula is C17H17BrN2O. The number of fused-ring (bicyclic) bond motifs is 1. The lowest BCUT2D eigenvalue weighted by atomic mass is 9.90. The third-order valence-corrected chi connectivity index (χ3v) is 4.18. The molecule has 3 nitrogen and oxygen atoms in total. The Labute approximate surface area is 132 Å². The lowest BCUT2D eigenvalue weighted by Crippen LogP contribution is -2.35. The second kappa shape index (κ2) is 6.00. The smallest absolute Gasteiger partial charge is 0.233 e. The minimum absolute atomic E-state index is 0.0344. The lowest BCUT2D eigenvalue weighted by molar-refractivity contribution is -0.117. The molecule has 2 N–H and O–H groups in total. The van der Waals surface area contributed by atoms with Gasteiger partial charge < -0.3 is 10.6 Å². The number of benzene rings is 2. The number of halogens is 1. The van der Waals surface area contributed by atoms with E-state index < -0.39 is 0 Å². The van der Waals surface area contributed by atoms with Crippen molar-refractivity contribution in [2.45, 2.75) is 19.4 Å². The van der Waals surface area contributed by atoms with Gasteiger partial charge in [0.2, 0.25) is 5.91 Å². The fraction of sp³-hybridized carbons (Fsp3) is 0.235. The number of carbonyl (C=O) groups excluding carboxylic acids is 1. The largest absolute Gasteiger partial charge is 0.325 e. The predicted octanol–water partition coefficient (Wildman–Crippen LogP) is 3.58. The van der Waals surface area contributed by atoms with Crippen LogP contribution in [0.5, 0.6) is 0 Å². The van der Waals surface area contributed by atoms with Crippen molar-refractivity contribution in [2.75, 3.05) is 11.9 Å². The highest BCUT2D eigenvalue weighted by atomic mass is 79.9. The first-order valence-corrected chi connectivity index (χ1v) is 7.79. The summed E-state index contributed by atoms with van der Waals surface area (Å²) in [5.74, 6) is -0.110. The Kier molecular flexibility index (Phi) is 4.08. The molecule has 1 amide bonds. The summed E-state index contributed by atoms with van der Waals surface area (Å²) in [7, 11) is 0. The highest BCUT2D eigenvalue weighted by molar-refractivity contribution is 9.10. The van der Waals surface area contributed by atoms with Gasteiger partial charge in [0.05, 0.1) is 5.92 Å². The summed E-state index contributed by atoms with van der Waals surface area (Å²) in [6.45, 7) is 3.52. The first-order valence-electron chi connectivity index (χ1n) is 7.00. The molecular weight excluding hydrogens is 328 g/mol. The molecule has 0 spiro atoms. The molecule has 0 aliphatic carbocycles. The molecule has 1 aliphatic heterocycles. The van der Waals surface area contributed by atoms with Gasteiger partial charge in [0.25, 0.3) is 0 Å². The Morgan fingerprint density at radius 3 is 2.90 bits per heavy atom. The van der Waals surface area contributed by atoms with Gasteiger partial charge in [-0.15, -0.1) is 0 Å². The number of rotatable bonds is 2. The summed E-state index contributed by atoms with van der Waals surface area (Å²) in [6.07, 6.45) is 0. The Bertz CT molecular complexity index is 664. The van der Waals surface area contributed by atoms with Crippen LogP contribution in [0.4, 0.5) is 5.69 Å². The maximum Gasteiger partial charge on any atom is 0.233 e. The number of hydrogen-bond donors (Lipinski definition) is 2. The van der Waals surface area contributed by atoms with Gasteiger partial charge in [-0.1, -0.05) is 40.2 Å². The maximum absolute atomic E-state index is 12.6. The van der Waals surface area contributed by atoms with E-state index in [-0.39, 0.29) is 11.8 Å². The van der Waals surface area contributed by atoms with Crippen LogP contribution < -0.4 is 10.6 Å². The molecule has 0 saturated heterocycles. The molecule has 0 saturated carbocycles. The Balaban J connectivity index is 1.83. The van der Waals surface area contributed by atoms with E-state index in [9.17, 15) is 4.79 Å². The summed E-state index contributed by atoms with van der Waals surface area (Å²) in [5, 5.41) is 6.34. The van der Waals surface area contributed by atoms with E-state index in [4.69, 9.17) is 0 Å². The fourth-order valence-corrected chi connectivity index (χ4v) is 3.38. The lowest BCUT2D eigenvalue weighted by Gasteiger charge is -2.25. The highest BCUT2D eigenvalue weighted by Crippen LogP contribution is 2.26. The van der Waals surface area contributed by atoms with Crippen LogP contribution in [0, 0.1) is 6.92 Å². The molecule has 1 unspecified atom stereocenters. The van der Waals surface area contributed by atoms with Crippen LogP contribution in [0.25, 0.3) is 0 Å². The van der Waals surface area contributed by atoms with Gasteiger partial charge in [0, 0.05) is 23.2 Å². The zero-order valence-corrected chi connectivity index (χ0v) is 13.4. The topological polar surface area (TPSA) is 41.1 Å². The van der Waals surface area contributed by atoms with Crippen molar-refractivity contribution in [1.29, 1.82) is 0 Å². The zero-order chi connectivity index (χ0) is 14.8. The number of hydrogen-bond acceptors (Lipinski definition) is 2. The molecule has 108 valence electrons. The fourth-order valence-electron chi connectivity index (χ4n) is 2.77. The highest BCUT2D eigenvalue weighted by Gasteiger charge is 2.26. The second-order valence-corrected chi connectivity index (χ2v) is 6.30. The summed E-state index contributed by atoms with van der Waals surface area (Å²) < 4.78 is 0.972. The van der Waals surface area contributed by atoms with Crippen molar-refractivity contribution in [2.24, 2.45) is 0 Å². The number of anilines is 1. The van der Waals surface area contributed by atoms with Crippen molar-refractivity contribution >= 4 is 27.5 Å². The number of amides is 1. The Morgan fingerprint density at radius 1 is 1.29 bits per heavy atom. The molecule has 21 heavy (non-hydrogen) atoms. The molecule has 1 heterocycles. The monoisotopic (exact) mass is 344 g/mol. The third-order valence-electron chi connectivity index (χ3n) is 3.72. The molecule has 2 aromatic carbocycles. The van der Waals surface area contributed by atoms with Crippen molar-refractivity contribution in [3.8, 4) is 0 Å². The van der Waals surface area contributed by atoms with Crippen LogP contribution in [-0.4, -0.2) is 12.5 Å². The van der Waals surface area contributed by atoms with Gasteiger partial charge >= 0.3 is 0 Å². The average Bonchev–Trinajstić information content (AvgIpc) is 2.45. The van der Waals surface area contributed by atoms with Crippen molar-refractivity contribution < 1.29 is 4.79 Å². The maximum atomic E-state index is 12.6. The van der Waals surface area contributed by atoms with Crippen molar-refractivity contribution in [1.82, 2.24) is 5.32 Å². The van der Waals surface area contributed by atoms with E-state index >= 15 is 0 Å². The van der Waals surface area contributed by atoms with Crippen molar-refractivity contribution in [3.63, 3.8) is 0 Å². The molecule has 4 heteroatoms. The van der Waals surface area contributed by atoms with Crippen LogP contribution in [0.2, 0.25) is 0 Å². The van der Waals surface area contributed by atoms with Gasteiger partial charge in [-0.3, -0.25) is 4.79 Å². The summed E-state index contributed by atoms with van der Waals surface area (Å²) >= 11 is 3.46. The van der Waals surface area contributed by atoms with Gasteiger partial charge in [-0.05, 0) is 41.8 Å². The summed E-state index contributed by atoms with van der Waals surface area (Å²) in [5.41, 5.74) is 4.27. The summed E-state index contributed by atoms with van der Waals surface area (Å²) in [6, 6.07) is 14.1. The molecule has 0 aromatic heterocycles. The standard InChI is InChI=1S/C17H17BrN2O/c1-11-6-13(18)8-14(7-11)20-17(21)16-10-19-9-12-4-2-3-5-15(12)16/h2-8,16,19H,9-10H2,1H3,(H,20,21). The Morgan fingerprint density at radius 2 is 2.10 bits per heavy atom. The van der Waals surface area contributed by atoms with E-state index in [1.165, 1.54) is 5.56 Å². The van der Waals surface area contributed by atoms with Gasteiger partial charge in [-0.25, -0.2) is 0 Å². The van der Waals surface area contributed by atoms with Crippen LogP contribution in [0.3, 0.4) is 0 Å². The van der Waals surface area contributed by atoms with E-state index in [1.54, 1.807) is 0 Å². The van der Waals surface area contributed by atoms with Crippen LogP contribution in [0.15, 0.2) is 46.9 Å². The molecule has 2 aromatic rings. The summed E-state index contributed by atoms with van der Waals surface area (Å²) in [4.78, 5) is 12.6. The van der Waals surface area contributed by atoms with E-state index in [1.807, 2.05) is 43.3 Å². The minimum Gasteiger partial charge on any atom is -0.325 e. The number of carbonyl (C=O) groups is 1. The van der Waals surface area contributed by atoms with E-state index in [0.717, 1.165) is 27.8 Å². The molecule has 1 aliphatic rings. The molecule has 3 rings (SSSR count). The zero-order valence-electron chi connectivity index (χ0n) is 11.8. The predicted molar refractivity (Wildman–Crippen MR) is 88.4 cm³/mol. The number of nitrogens with one attached hydrogen (secondary N) is 2. The molecule has 0 radical (unpaired) electrons. The van der Waals surface area contributed by atoms with Gasteiger partial charge in [0.15, 0.2) is 0 Å². The first-order chi connectivity index (χ1) is 10.1. The second-order valence-electron chi connectivity index (χ2n) is 5.39. The van der Waals surface area contributed by atoms with Crippen LogP contribution in [0.1, 0.15) is 22.6 Å². The van der Waals surface area contributed by atoms with Gasteiger partial charge in [-0.2, -0.15) is 0 Å². The van der Waals surface area contributed by atoms with Crippen molar-refractivity contribution in [3.05, 3.63) is 63.6 Å². The molecule has 1 atom stereocenters. The van der Waals surface area contributed by atoms with Gasteiger partial charge in [0.1, 0.15) is 0 Å². The minimum atomic E-state index is -0.144. The molecule has 0 bridgehead atoms. The van der Waals surface area contributed by atoms with E-state index in [2.05, 4.69) is 32.6 Å². The normalized spacial score (nSPS) is 17.1. The first kappa shape index (κ1) is 14.3. The quantitative estimate of drug-likeness (QED) is 0.874. The third kappa shape index (κ3) is 3.17. The average molecular weight is 345 g/mol. The molecule has 0 fully saturated rings. The number of aryl methyl sites for hydroxylation is 1. The SMILES string of the molecule is Cc1cc(Br)cc(NC(=O)C2CNCc3ccccc32)c1. The Hall–Kier alpha value is -1.65.